The Morgan fingerprint density at radius 1 is 1.20 bits per heavy atom. The Bertz CT molecular complexity index is 161. The van der Waals surface area contributed by atoms with Gasteiger partial charge in [-0.3, -0.25) is 0 Å². The molecule has 1 aliphatic carbocycles. The van der Waals surface area contributed by atoms with E-state index in [0.29, 0.717) is 6.61 Å². The van der Waals surface area contributed by atoms with E-state index in [9.17, 15) is 0 Å². The van der Waals surface area contributed by atoms with Gasteiger partial charge in [0.1, 0.15) is 0 Å². The van der Waals surface area contributed by atoms with Crippen LogP contribution in [0.3, 0.4) is 0 Å². The summed E-state index contributed by atoms with van der Waals surface area (Å²) in [5.74, 6) is 0.869. The number of likely N-dealkylation sites (N-methyl/N-ethyl adjacent to an activating group) is 1. The first-order valence-corrected chi connectivity index (χ1v) is 6.60. The van der Waals surface area contributed by atoms with E-state index in [1.165, 1.54) is 44.9 Å². The summed E-state index contributed by atoms with van der Waals surface area (Å²) in [7, 11) is 2.18. The van der Waals surface area contributed by atoms with Gasteiger partial charge >= 0.3 is 0 Å². The largest absolute Gasteiger partial charge is 0.395 e. The van der Waals surface area contributed by atoms with Gasteiger partial charge in [-0.05, 0) is 32.2 Å². The van der Waals surface area contributed by atoms with E-state index in [2.05, 4.69) is 18.9 Å². The second-order valence-electron chi connectivity index (χ2n) is 4.96. The Labute approximate surface area is 94.7 Å². The van der Waals surface area contributed by atoms with Crippen LogP contribution in [0.4, 0.5) is 0 Å². The maximum atomic E-state index is 9.01. The Balaban J connectivity index is 2.52. The van der Waals surface area contributed by atoms with Gasteiger partial charge < -0.3 is 10.0 Å². The highest BCUT2D eigenvalue weighted by Gasteiger charge is 2.25. The summed E-state index contributed by atoms with van der Waals surface area (Å²) in [5.41, 5.74) is 0. The van der Waals surface area contributed by atoms with Crippen LogP contribution in [0.5, 0.6) is 0 Å². The zero-order valence-corrected chi connectivity index (χ0v) is 10.4. The van der Waals surface area contributed by atoms with E-state index in [1.54, 1.807) is 0 Å². The minimum Gasteiger partial charge on any atom is -0.395 e. The lowest BCUT2D eigenvalue weighted by atomic mass is 9.89. The van der Waals surface area contributed by atoms with Crippen molar-refractivity contribution < 1.29 is 5.11 Å². The maximum Gasteiger partial charge on any atom is 0.0558 e. The normalized spacial score (nSPS) is 28.0. The second-order valence-corrected chi connectivity index (χ2v) is 4.96. The standard InChI is InChI=1S/C13H27NO/c1-3-7-12-8-5-4-6-9-13(12)14(2)10-11-15/h12-13,15H,3-11H2,1-2H3. The van der Waals surface area contributed by atoms with Crippen LogP contribution in [0, 0.1) is 5.92 Å². The van der Waals surface area contributed by atoms with Crippen LogP contribution in [0.1, 0.15) is 51.9 Å². The first-order valence-electron chi connectivity index (χ1n) is 6.60. The molecule has 0 radical (unpaired) electrons. The molecule has 1 fully saturated rings. The van der Waals surface area contributed by atoms with Crippen molar-refractivity contribution in [1.82, 2.24) is 4.90 Å². The highest BCUT2D eigenvalue weighted by molar-refractivity contribution is 4.80. The first-order chi connectivity index (χ1) is 7.29. The summed E-state index contributed by atoms with van der Waals surface area (Å²) in [4.78, 5) is 2.38. The lowest BCUT2D eigenvalue weighted by Crippen LogP contribution is -2.39. The molecule has 2 nitrogen and oxygen atoms in total. The highest BCUT2D eigenvalue weighted by atomic mass is 16.3. The Hall–Kier alpha value is -0.0800. The van der Waals surface area contributed by atoms with Crippen molar-refractivity contribution in [2.75, 3.05) is 20.2 Å². The fraction of sp³-hybridized carbons (Fsp3) is 1.00. The summed E-state index contributed by atoms with van der Waals surface area (Å²) in [6.45, 7) is 3.42. The van der Waals surface area contributed by atoms with E-state index in [1.807, 2.05) is 0 Å². The molecule has 0 bridgehead atoms. The van der Waals surface area contributed by atoms with E-state index in [0.717, 1.165) is 18.5 Å². The third-order valence-electron chi connectivity index (χ3n) is 3.80. The summed E-state index contributed by atoms with van der Waals surface area (Å²) in [5, 5.41) is 9.01. The lowest BCUT2D eigenvalue weighted by Gasteiger charge is -2.33. The van der Waals surface area contributed by atoms with E-state index >= 15 is 0 Å². The van der Waals surface area contributed by atoms with Crippen LogP contribution in [0.2, 0.25) is 0 Å². The number of hydrogen-bond acceptors (Lipinski definition) is 2. The zero-order valence-electron chi connectivity index (χ0n) is 10.4. The van der Waals surface area contributed by atoms with Gasteiger partial charge in [0.15, 0.2) is 0 Å². The average Bonchev–Trinajstić information content (AvgIpc) is 2.44. The van der Waals surface area contributed by atoms with Crippen molar-refractivity contribution >= 4 is 0 Å². The van der Waals surface area contributed by atoms with Crippen molar-refractivity contribution in [2.45, 2.75) is 57.9 Å². The van der Waals surface area contributed by atoms with Crippen LogP contribution < -0.4 is 0 Å². The van der Waals surface area contributed by atoms with Crippen molar-refractivity contribution in [2.24, 2.45) is 5.92 Å². The molecule has 0 aromatic carbocycles. The summed E-state index contributed by atoms with van der Waals surface area (Å²) in [6, 6.07) is 0.722. The molecule has 0 heterocycles. The molecule has 0 aliphatic heterocycles. The molecule has 15 heavy (non-hydrogen) atoms. The van der Waals surface area contributed by atoms with Crippen LogP contribution in [0.25, 0.3) is 0 Å². The van der Waals surface area contributed by atoms with Gasteiger partial charge in [-0.25, -0.2) is 0 Å². The summed E-state index contributed by atoms with van der Waals surface area (Å²) < 4.78 is 0. The maximum absolute atomic E-state index is 9.01. The topological polar surface area (TPSA) is 23.5 Å². The number of nitrogens with zero attached hydrogens (tertiary/aromatic N) is 1. The van der Waals surface area contributed by atoms with Gasteiger partial charge in [0.05, 0.1) is 6.61 Å². The van der Waals surface area contributed by atoms with Gasteiger partial charge in [-0.1, -0.05) is 32.6 Å². The van der Waals surface area contributed by atoms with Gasteiger partial charge in [0.25, 0.3) is 0 Å². The van der Waals surface area contributed by atoms with Crippen molar-refractivity contribution in [3.63, 3.8) is 0 Å². The smallest absolute Gasteiger partial charge is 0.0558 e. The molecule has 0 aromatic rings. The predicted molar refractivity (Wildman–Crippen MR) is 65.0 cm³/mol. The molecule has 2 atom stereocenters. The molecule has 1 aliphatic rings. The molecule has 0 saturated heterocycles. The fourth-order valence-corrected chi connectivity index (χ4v) is 2.98. The Kier molecular flexibility index (Phi) is 6.26. The molecule has 1 rings (SSSR count). The average molecular weight is 213 g/mol. The van der Waals surface area contributed by atoms with E-state index in [-0.39, 0.29) is 0 Å². The van der Waals surface area contributed by atoms with Crippen LogP contribution in [0.15, 0.2) is 0 Å². The molecule has 0 aromatic heterocycles. The minimum absolute atomic E-state index is 0.297. The van der Waals surface area contributed by atoms with E-state index < -0.39 is 0 Å². The van der Waals surface area contributed by atoms with Gasteiger partial charge in [0, 0.05) is 12.6 Å². The Morgan fingerprint density at radius 2 is 1.93 bits per heavy atom. The molecule has 1 N–H and O–H groups in total. The van der Waals surface area contributed by atoms with Gasteiger partial charge in [-0.2, -0.15) is 0 Å². The van der Waals surface area contributed by atoms with Gasteiger partial charge in [-0.15, -0.1) is 0 Å². The van der Waals surface area contributed by atoms with Crippen LogP contribution in [-0.2, 0) is 0 Å². The third-order valence-corrected chi connectivity index (χ3v) is 3.80. The molecular formula is C13H27NO. The molecule has 2 unspecified atom stereocenters. The fourth-order valence-electron chi connectivity index (χ4n) is 2.98. The predicted octanol–water partition coefficient (Wildman–Crippen LogP) is 2.66. The minimum atomic E-state index is 0.297. The molecule has 1 saturated carbocycles. The number of rotatable bonds is 5. The number of aliphatic hydroxyl groups is 1. The molecular weight excluding hydrogens is 186 g/mol. The first kappa shape index (κ1) is 13.0. The monoisotopic (exact) mass is 213 g/mol. The van der Waals surface area contributed by atoms with Crippen LogP contribution in [-0.4, -0.2) is 36.2 Å². The number of aliphatic hydroxyl groups excluding tert-OH is 1. The molecule has 0 amide bonds. The van der Waals surface area contributed by atoms with Crippen LogP contribution >= 0.6 is 0 Å². The number of hydrogen-bond donors (Lipinski definition) is 1. The molecule has 2 heteroatoms. The van der Waals surface area contributed by atoms with Gasteiger partial charge in [0.2, 0.25) is 0 Å². The Morgan fingerprint density at radius 3 is 2.60 bits per heavy atom. The quantitative estimate of drug-likeness (QED) is 0.710. The lowest BCUT2D eigenvalue weighted by molar-refractivity contribution is 0.128. The SMILES string of the molecule is CCCC1CCCCCC1N(C)CCO. The molecule has 90 valence electrons. The molecule has 0 spiro atoms. The third kappa shape index (κ3) is 4.12. The van der Waals surface area contributed by atoms with Crippen molar-refractivity contribution in [1.29, 1.82) is 0 Å². The van der Waals surface area contributed by atoms with E-state index in [4.69, 9.17) is 5.11 Å². The highest BCUT2D eigenvalue weighted by Crippen LogP contribution is 2.29. The summed E-state index contributed by atoms with van der Waals surface area (Å²) in [6.07, 6.45) is 9.59. The van der Waals surface area contributed by atoms with Crippen molar-refractivity contribution in [3.8, 4) is 0 Å². The van der Waals surface area contributed by atoms with Crippen molar-refractivity contribution in [3.05, 3.63) is 0 Å². The second kappa shape index (κ2) is 7.24. The zero-order chi connectivity index (χ0) is 11.1. The summed E-state index contributed by atoms with van der Waals surface area (Å²) >= 11 is 0.